The lowest BCUT2D eigenvalue weighted by atomic mass is 9.98. The van der Waals surface area contributed by atoms with Crippen molar-refractivity contribution in [3.05, 3.63) is 59.7 Å². The summed E-state index contributed by atoms with van der Waals surface area (Å²) in [5.74, 6) is -1.63. The van der Waals surface area contributed by atoms with E-state index in [0.717, 1.165) is 22.3 Å². The molecule has 0 bridgehead atoms. The van der Waals surface area contributed by atoms with Gasteiger partial charge in [0, 0.05) is 19.0 Å². The number of hydrogen-bond donors (Lipinski definition) is 3. The van der Waals surface area contributed by atoms with Gasteiger partial charge in [-0.3, -0.25) is 9.59 Å². The van der Waals surface area contributed by atoms with Crippen molar-refractivity contribution in [2.75, 3.05) is 32.9 Å². The zero-order valence-corrected chi connectivity index (χ0v) is 18.0. The van der Waals surface area contributed by atoms with Crippen LogP contribution in [0.25, 0.3) is 11.1 Å². The van der Waals surface area contributed by atoms with E-state index in [1.165, 1.54) is 0 Å². The zero-order valence-electron chi connectivity index (χ0n) is 18.0. The minimum absolute atomic E-state index is 0.0185. The van der Waals surface area contributed by atoms with Crippen LogP contribution in [-0.4, -0.2) is 56.0 Å². The number of alkyl carbamates (subject to hydrolysis) is 1. The van der Waals surface area contributed by atoms with Crippen LogP contribution in [0, 0.1) is 5.92 Å². The van der Waals surface area contributed by atoms with Crippen LogP contribution in [0.3, 0.4) is 0 Å². The Hall–Kier alpha value is -3.39. The van der Waals surface area contributed by atoms with E-state index < -0.39 is 18.0 Å². The highest BCUT2D eigenvalue weighted by molar-refractivity contribution is 5.80. The smallest absolute Gasteiger partial charge is 0.407 e. The maximum Gasteiger partial charge on any atom is 0.407 e. The SMILES string of the molecule is CC(CNC(=O)OCC1c2ccccc2-c2ccccc21)C(=O)NCCOCCC(=O)O. The fourth-order valence-corrected chi connectivity index (χ4v) is 3.66. The Morgan fingerprint density at radius 1 is 0.969 bits per heavy atom. The zero-order chi connectivity index (χ0) is 22.9. The number of carbonyl (C=O) groups excluding carboxylic acids is 2. The number of aliphatic carboxylic acids is 1. The Bertz CT molecular complexity index is 916. The van der Waals surface area contributed by atoms with Gasteiger partial charge in [-0.05, 0) is 22.3 Å². The molecule has 0 radical (unpaired) electrons. The van der Waals surface area contributed by atoms with E-state index in [1.54, 1.807) is 6.92 Å². The minimum atomic E-state index is -0.929. The highest BCUT2D eigenvalue weighted by Gasteiger charge is 2.29. The topological polar surface area (TPSA) is 114 Å². The maximum atomic E-state index is 12.2. The van der Waals surface area contributed by atoms with Crippen LogP contribution in [0.4, 0.5) is 4.79 Å². The van der Waals surface area contributed by atoms with Gasteiger partial charge in [-0.1, -0.05) is 55.5 Å². The number of amides is 2. The van der Waals surface area contributed by atoms with E-state index in [1.807, 2.05) is 24.3 Å². The number of fused-ring (bicyclic) bond motifs is 3. The predicted molar refractivity (Wildman–Crippen MR) is 118 cm³/mol. The Morgan fingerprint density at radius 2 is 1.59 bits per heavy atom. The number of benzene rings is 2. The van der Waals surface area contributed by atoms with Crippen LogP contribution in [-0.2, 0) is 19.1 Å². The molecule has 1 unspecified atom stereocenters. The number of hydrogen-bond acceptors (Lipinski definition) is 5. The van der Waals surface area contributed by atoms with E-state index in [-0.39, 0.29) is 51.2 Å². The van der Waals surface area contributed by atoms with Gasteiger partial charge in [0.2, 0.25) is 5.91 Å². The third-order valence-corrected chi connectivity index (χ3v) is 5.35. The Labute approximate surface area is 186 Å². The van der Waals surface area contributed by atoms with Crippen LogP contribution in [0.1, 0.15) is 30.4 Å². The molecule has 0 saturated heterocycles. The molecule has 1 atom stereocenters. The molecule has 0 heterocycles. The molecule has 32 heavy (non-hydrogen) atoms. The van der Waals surface area contributed by atoms with E-state index in [0.29, 0.717) is 0 Å². The maximum absolute atomic E-state index is 12.2. The molecule has 1 aliphatic carbocycles. The van der Waals surface area contributed by atoms with E-state index in [4.69, 9.17) is 14.6 Å². The summed E-state index contributed by atoms with van der Waals surface area (Å²) in [6.45, 7) is 2.66. The summed E-state index contributed by atoms with van der Waals surface area (Å²) in [5.41, 5.74) is 4.60. The largest absolute Gasteiger partial charge is 0.481 e. The number of carboxylic acids is 1. The summed E-state index contributed by atoms with van der Waals surface area (Å²) in [6.07, 6.45) is -0.641. The molecule has 0 aromatic heterocycles. The quantitative estimate of drug-likeness (QED) is 0.463. The first-order valence-electron chi connectivity index (χ1n) is 10.6. The van der Waals surface area contributed by atoms with Crippen molar-refractivity contribution in [1.82, 2.24) is 10.6 Å². The lowest BCUT2D eigenvalue weighted by molar-refractivity contribution is -0.138. The highest BCUT2D eigenvalue weighted by atomic mass is 16.5. The van der Waals surface area contributed by atoms with Crippen molar-refractivity contribution in [2.45, 2.75) is 19.3 Å². The Balaban J connectivity index is 1.39. The monoisotopic (exact) mass is 440 g/mol. The lowest BCUT2D eigenvalue weighted by Gasteiger charge is -2.16. The second-order valence-electron chi connectivity index (χ2n) is 7.65. The number of carboxylic acid groups (broad SMARTS) is 1. The average molecular weight is 440 g/mol. The molecule has 8 heteroatoms. The molecule has 2 amide bonds. The molecule has 2 aromatic carbocycles. The second kappa shape index (κ2) is 11.3. The fraction of sp³-hybridized carbons (Fsp3) is 0.375. The van der Waals surface area contributed by atoms with E-state index >= 15 is 0 Å². The number of nitrogens with one attached hydrogen (secondary N) is 2. The lowest BCUT2D eigenvalue weighted by Crippen LogP contribution is -2.39. The van der Waals surface area contributed by atoms with Crippen molar-refractivity contribution in [2.24, 2.45) is 5.92 Å². The van der Waals surface area contributed by atoms with Gasteiger partial charge in [-0.2, -0.15) is 0 Å². The minimum Gasteiger partial charge on any atom is -0.481 e. The van der Waals surface area contributed by atoms with Crippen molar-refractivity contribution < 1.29 is 29.0 Å². The molecular formula is C24H28N2O6. The van der Waals surface area contributed by atoms with Gasteiger partial charge in [0.15, 0.2) is 0 Å². The van der Waals surface area contributed by atoms with E-state index in [2.05, 4.69) is 34.9 Å². The number of ether oxygens (including phenoxy) is 2. The van der Waals surface area contributed by atoms with Crippen LogP contribution in [0.2, 0.25) is 0 Å². The first-order chi connectivity index (χ1) is 15.5. The average Bonchev–Trinajstić information content (AvgIpc) is 3.11. The summed E-state index contributed by atoms with van der Waals surface area (Å²) >= 11 is 0. The molecule has 3 rings (SSSR count). The van der Waals surface area contributed by atoms with Crippen LogP contribution < -0.4 is 10.6 Å². The summed E-state index contributed by atoms with van der Waals surface area (Å²) < 4.78 is 10.6. The van der Waals surface area contributed by atoms with Gasteiger partial charge in [-0.15, -0.1) is 0 Å². The van der Waals surface area contributed by atoms with E-state index in [9.17, 15) is 14.4 Å². The normalized spacial score (nSPS) is 13.0. The molecule has 1 aliphatic rings. The first kappa shape index (κ1) is 23.3. The van der Waals surface area contributed by atoms with Crippen molar-refractivity contribution in [3.63, 3.8) is 0 Å². The third-order valence-electron chi connectivity index (χ3n) is 5.35. The molecule has 3 N–H and O–H groups in total. The fourth-order valence-electron chi connectivity index (χ4n) is 3.66. The molecule has 0 saturated carbocycles. The molecular weight excluding hydrogens is 412 g/mol. The van der Waals surface area contributed by atoms with Gasteiger partial charge in [0.05, 0.1) is 25.6 Å². The summed E-state index contributed by atoms with van der Waals surface area (Å²) in [4.78, 5) is 34.7. The summed E-state index contributed by atoms with van der Waals surface area (Å²) in [7, 11) is 0. The summed E-state index contributed by atoms with van der Waals surface area (Å²) in [5, 5.41) is 13.9. The van der Waals surface area contributed by atoms with Crippen molar-refractivity contribution in [3.8, 4) is 11.1 Å². The van der Waals surface area contributed by atoms with Crippen LogP contribution >= 0.6 is 0 Å². The van der Waals surface area contributed by atoms with Crippen LogP contribution in [0.15, 0.2) is 48.5 Å². The van der Waals surface area contributed by atoms with Crippen molar-refractivity contribution >= 4 is 18.0 Å². The molecule has 8 nitrogen and oxygen atoms in total. The van der Waals surface area contributed by atoms with Gasteiger partial charge >= 0.3 is 12.1 Å². The molecule has 170 valence electrons. The first-order valence-corrected chi connectivity index (χ1v) is 10.6. The van der Waals surface area contributed by atoms with Crippen molar-refractivity contribution in [1.29, 1.82) is 0 Å². The number of rotatable bonds is 11. The molecule has 0 aliphatic heterocycles. The molecule has 0 spiro atoms. The van der Waals surface area contributed by atoms with Gasteiger partial charge in [-0.25, -0.2) is 4.79 Å². The molecule has 2 aromatic rings. The molecule has 0 fully saturated rings. The van der Waals surface area contributed by atoms with Gasteiger partial charge in [0.25, 0.3) is 0 Å². The Morgan fingerprint density at radius 3 is 2.22 bits per heavy atom. The van der Waals surface area contributed by atoms with Gasteiger partial charge in [0.1, 0.15) is 6.61 Å². The predicted octanol–water partition coefficient (Wildman–Crippen LogP) is 2.77. The standard InChI is InChI=1S/C24H28N2O6/c1-16(23(29)25-11-13-31-12-10-22(27)28)14-26-24(30)32-15-21-19-8-4-2-6-17(19)18-7-3-5-9-20(18)21/h2-9,16,21H,10-15H2,1H3,(H,25,29)(H,26,30)(H,27,28). The highest BCUT2D eigenvalue weighted by Crippen LogP contribution is 2.44. The second-order valence-corrected chi connectivity index (χ2v) is 7.65. The van der Waals surface area contributed by atoms with Crippen LogP contribution in [0.5, 0.6) is 0 Å². The Kier molecular flexibility index (Phi) is 8.21. The number of carbonyl (C=O) groups is 3. The van der Waals surface area contributed by atoms with Gasteiger partial charge < -0.3 is 25.2 Å². The summed E-state index contributed by atoms with van der Waals surface area (Å²) in [6, 6.07) is 16.2. The third kappa shape index (κ3) is 6.07.